The number of hydrogen-bond acceptors (Lipinski definition) is 8. The molecule has 1 fully saturated rings. The first-order valence-corrected chi connectivity index (χ1v) is 13.1. The third-order valence-corrected chi connectivity index (χ3v) is 8.16. The summed E-state index contributed by atoms with van der Waals surface area (Å²) >= 11 is 0. The fraction of sp³-hybridized carbons (Fsp3) is 0.400. The van der Waals surface area contributed by atoms with E-state index in [-0.39, 0.29) is 60.4 Å². The zero-order chi connectivity index (χ0) is 26.0. The molecular formula is C25H28N2O8S. The van der Waals surface area contributed by atoms with Crippen LogP contribution in [0.25, 0.3) is 0 Å². The van der Waals surface area contributed by atoms with Crippen molar-refractivity contribution in [1.29, 1.82) is 0 Å². The van der Waals surface area contributed by atoms with Gasteiger partial charge in [0.1, 0.15) is 17.6 Å². The van der Waals surface area contributed by atoms with Gasteiger partial charge in [-0.2, -0.15) is 0 Å². The van der Waals surface area contributed by atoms with Crippen molar-refractivity contribution >= 4 is 33.3 Å². The highest BCUT2D eigenvalue weighted by molar-refractivity contribution is 7.91. The molecule has 0 unspecified atom stereocenters. The van der Waals surface area contributed by atoms with Gasteiger partial charge in [0.05, 0.1) is 38.0 Å². The average Bonchev–Trinajstić information content (AvgIpc) is 3.17. The van der Waals surface area contributed by atoms with Crippen LogP contribution in [0.2, 0.25) is 0 Å². The molecule has 0 aromatic heterocycles. The monoisotopic (exact) mass is 516 g/mol. The van der Waals surface area contributed by atoms with Gasteiger partial charge in [0.25, 0.3) is 0 Å². The number of hydrogen-bond donors (Lipinski definition) is 0. The summed E-state index contributed by atoms with van der Waals surface area (Å²) in [5.74, 6) is 0.619. The van der Waals surface area contributed by atoms with Crippen molar-refractivity contribution in [1.82, 2.24) is 4.90 Å². The Morgan fingerprint density at radius 1 is 1.14 bits per heavy atom. The number of amides is 2. The summed E-state index contributed by atoms with van der Waals surface area (Å²) in [5, 5.41) is 0. The van der Waals surface area contributed by atoms with Gasteiger partial charge < -0.3 is 19.1 Å². The Balaban J connectivity index is 1.53. The summed E-state index contributed by atoms with van der Waals surface area (Å²) in [4.78, 5) is 40.2. The number of carbonyl (C=O) groups is 3. The van der Waals surface area contributed by atoms with Crippen molar-refractivity contribution in [2.45, 2.75) is 37.3 Å². The first kappa shape index (κ1) is 25.5. The van der Waals surface area contributed by atoms with Crippen LogP contribution in [0.1, 0.15) is 35.7 Å². The highest BCUT2D eigenvalue weighted by atomic mass is 32.2. The lowest BCUT2D eigenvalue weighted by Gasteiger charge is -2.24. The number of anilines is 1. The molecule has 2 aromatic rings. The summed E-state index contributed by atoms with van der Waals surface area (Å²) in [7, 11) is -0.566. The smallest absolute Gasteiger partial charge is 0.414 e. The van der Waals surface area contributed by atoms with E-state index in [1.807, 2.05) is 0 Å². The van der Waals surface area contributed by atoms with E-state index in [2.05, 4.69) is 0 Å². The molecular weight excluding hydrogens is 488 g/mol. The molecule has 2 aliphatic heterocycles. The van der Waals surface area contributed by atoms with Gasteiger partial charge in [0.2, 0.25) is 5.91 Å². The topological polar surface area (TPSA) is 120 Å². The summed E-state index contributed by atoms with van der Waals surface area (Å²) in [6, 6.07) is 9.66. The fourth-order valence-electron chi connectivity index (χ4n) is 4.40. The standard InChI is InChI=1S/C25H28N2O8S/c1-16(28)26(13-17-6-8-19(33-2)12-23(17)34-3)14-20-15-27(25(30)35-20)18-7-9-21-22(29)5-4-10-36(31,32)24(21)11-18/h6-9,11-12,20H,4-5,10,13-15H2,1-3H3/t20-/m0/s1. The van der Waals surface area contributed by atoms with Gasteiger partial charge in [0.15, 0.2) is 15.6 Å². The number of Topliss-reactive ketones (excluding diaryl/α,β-unsaturated/α-hetero) is 1. The van der Waals surface area contributed by atoms with Crippen molar-refractivity contribution in [3.05, 3.63) is 47.5 Å². The van der Waals surface area contributed by atoms with Crippen LogP contribution in [0, 0.1) is 0 Å². The van der Waals surface area contributed by atoms with E-state index in [0.717, 1.165) is 5.56 Å². The predicted molar refractivity (Wildman–Crippen MR) is 130 cm³/mol. The van der Waals surface area contributed by atoms with E-state index in [1.165, 1.54) is 31.1 Å². The van der Waals surface area contributed by atoms with Crippen LogP contribution < -0.4 is 14.4 Å². The highest BCUT2D eigenvalue weighted by Gasteiger charge is 2.36. The Kier molecular flexibility index (Phi) is 7.21. The molecule has 1 saturated heterocycles. The first-order valence-electron chi connectivity index (χ1n) is 11.5. The van der Waals surface area contributed by atoms with Crippen LogP contribution in [0.4, 0.5) is 10.5 Å². The number of fused-ring (bicyclic) bond motifs is 1. The Morgan fingerprint density at radius 3 is 2.61 bits per heavy atom. The number of benzene rings is 2. The molecule has 1 atom stereocenters. The van der Waals surface area contributed by atoms with Crippen LogP contribution in [0.15, 0.2) is 41.3 Å². The lowest BCUT2D eigenvalue weighted by Crippen LogP contribution is -2.37. The van der Waals surface area contributed by atoms with Crippen LogP contribution in [-0.4, -0.2) is 70.3 Å². The maximum absolute atomic E-state index is 12.7. The minimum Gasteiger partial charge on any atom is -0.497 e. The number of ether oxygens (including phenoxy) is 3. The Morgan fingerprint density at radius 2 is 1.92 bits per heavy atom. The number of cyclic esters (lactones) is 1. The first-order chi connectivity index (χ1) is 17.1. The maximum Gasteiger partial charge on any atom is 0.414 e. The molecule has 2 heterocycles. The predicted octanol–water partition coefficient (Wildman–Crippen LogP) is 2.83. The Bertz CT molecular complexity index is 1310. The van der Waals surface area contributed by atoms with Crippen molar-refractivity contribution in [2.24, 2.45) is 0 Å². The van der Waals surface area contributed by atoms with E-state index in [0.29, 0.717) is 17.2 Å². The van der Waals surface area contributed by atoms with E-state index in [1.54, 1.807) is 36.3 Å². The molecule has 0 N–H and O–H groups in total. The highest BCUT2D eigenvalue weighted by Crippen LogP contribution is 2.31. The quantitative estimate of drug-likeness (QED) is 0.551. The summed E-state index contributed by atoms with van der Waals surface area (Å²) in [5.41, 5.74) is 1.23. The van der Waals surface area contributed by atoms with Crippen molar-refractivity contribution < 1.29 is 37.0 Å². The maximum atomic E-state index is 12.7. The number of nitrogens with zero attached hydrogens (tertiary/aromatic N) is 2. The minimum atomic E-state index is -3.64. The molecule has 11 heteroatoms. The van der Waals surface area contributed by atoms with Crippen LogP contribution in [0.5, 0.6) is 11.5 Å². The van der Waals surface area contributed by atoms with E-state index in [9.17, 15) is 22.8 Å². The zero-order valence-electron chi connectivity index (χ0n) is 20.4. The molecule has 0 bridgehead atoms. The molecule has 10 nitrogen and oxygen atoms in total. The third-order valence-electron chi connectivity index (χ3n) is 6.33. The Hall–Kier alpha value is -3.60. The number of sulfone groups is 1. The SMILES string of the molecule is COc1ccc(CN(C[C@H]2CN(c3ccc4c(c3)S(=O)(=O)CCCC4=O)C(=O)O2)C(C)=O)c(OC)c1. The number of rotatable bonds is 7. The third kappa shape index (κ3) is 5.15. The lowest BCUT2D eigenvalue weighted by atomic mass is 10.1. The van der Waals surface area contributed by atoms with Crippen LogP contribution in [-0.2, 0) is 25.9 Å². The second kappa shape index (κ2) is 10.2. The summed E-state index contributed by atoms with van der Waals surface area (Å²) < 4.78 is 41.5. The van der Waals surface area contributed by atoms with Gasteiger partial charge in [0, 0.05) is 42.8 Å². The second-order valence-corrected chi connectivity index (χ2v) is 10.8. The van der Waals surface area contributed by atoms with Gasteiger partial charge in [-0.05, 0) is 36.8 Å². The number of ketones is 1. The van der Waals surface area contributed by atoms with Crippen LogP contribution >= 0.6 is 0 Å². The van der Waals surface area contributed by atoms with Crippen molar-refractivity contribution in [3.63, 3.8) is 0 Å². The van der Waals surface area contributed by atoms with Gasteiger partial charge >= 0.3 is 6.09 Å². The molecule has 0 radical (unpaired) electrons. The fourth-order valence-corrected chi connectivity index (χ4v) is 5.96. The molecule has 2 aliphatic rings. The molecule has 2 amide bonds. The molecule has 192 valence electrons. The van der Waals surface area contributed by atoms with Gasteiger partial charge in [-0.3, -0.25) is 14.5 Å². The number of carbonyl (C=O) groups excluding carboxylic acids is 3. The molecule has 0 saturated carbocycles. The van der Waals surface area contributed by atoms with Crippen LogP contribution in [0.3, 0.4) is 0 Å². The Labute approximate surface area is 209 Å². The number of methoxy groups -OCH3 is 2. The van der Waals surface area contributed by atoms with Gasteiger partial charge in [-0.15, -0.1) is 0 Å². The molecule has 4 rings (SSSR count). The molecule has 0 aliphatic carbocycles. The lowest BCUT2D eigenvalue weighted by molar-refractivity contribution is -0.130. The van der Waals surface area contributed by atoms with Crippen molar-refractivity contribution in [2.75, 3.05) is 38.0 Å². The minimum absolute atomic E-state index is 0.0595. The zero-order valence-corrected chi connectivity index (χ0v) is 21.2. The van der Waals surface area contributed by atoms with E-state index < -0.39 is 22.0 Å². The van der Waals surface area contributed by atoms with Gasteiger partial charge in [-0.25, -0.2) is 13.2 Å². The average molecular weight is 517 g/mol. The molecule has 0 spiro atoms. The summed E-state index contributed by atoms with van der Waals surface area (Å²) in [6.07, 6.45) is -0.858. The van der Waals surface area contributed by atoms with Crippen molar-refractivity contribution in [3.8, 4) is 11.5 Å². The normalized spacial score (nSPS) is 18.8. The van der Waals surface area contributed by atoms with E-state index >= 15 is 0 Å². The van der Waals surface area contributed by atoms with Gasteiger partial charge in [-0.1, -0.05) is 0 Å². The largest absolute Gasteiger partial charge is 0.497 e. The molecule has 2 aromatic carbocycles. The van der Waals surface area contributed by atoms with E-state index in [4.69, 9.17) is 14.2 Å². The second-order valence-electron chi connectivity index (χ2n) is 8.72. The molecule has 36 heavy (non-hydrogen) atoms. The summed E-state index contributed by atoms with van der Waals surface area (Å²) in [6.45, 7) is 1.91.